The van der Waals surface area contributed by atoms with Gasteiger partial charge < -0.3 is 10.6 Å². The first-order valence-corrected chi connectivity index (χ1v) is 12.2. The fraction of sp³-hybridized carbons (Fsp3) is 0.360. The fourth-order valence-corrected chi connectivity index (χ4v) is 5.29. The van der Waals surface area contributed by atoms with E-state index in [4.69, 9.17) is 11.0 Å². The van der Waals surface area contributed by atoms with Crippen LogP contribution in [0.2, 0.25) is 0 Å². The number of piperidine rings is 1. The minimum atomic E-state index is -2.65. The van der Waals surface area contributed by atoms with E-state index in [1.54, 1.807) is 6.07 Å². The van der Waals surface area contributed by atoms with Crippen molar-refractivity contribution in [1.29, 1.82) is 5.26 Å². The Morgan fingerprint density at radius 3 is 2.75 bits per heavy atom. The van der Waals surface area contributed by atoms with Gasteiger partial charge in [0.1, 0.15) is 17.7 Å². The summed E-state index contributed by atoms with van der Waals surface area (Å²) in [4.78, 5) is 19.5. The lowest BCUT2D eigenvalue weighted by atomic mass is 9.99. The Hall–Kier alpha value is -3.39. The van der Waals surface area contributed by atoms with E-state index in [0.29, 0.717) is 46.5 Å². The van der Waals surface area contributed by atoms with Gasteiger partial charge in [-0.1, -0.05) is 17.8 Å². The zero-order valence-corrected chi connectivity index (χ0v) is 19.9. The van der Waals surface area contributed by atoms with Gasteiger partial charge in [-0.05, 0) is 54.7 Å². The molecule has 0 bridgehead atoms. The molecule has 0 spiro atoms. The van der Waals surface area contributed by atoms with Crippen molar-refractivity contribution in [3.05, 3.63) is 64.7 Å². The minimum Gasteiger partial charge on any atom is -0.379 e. The van der Waals surface area contributed by atoms with Gasteiger partial charge in [0.25, 0.3) is 5.92 Å². The summed E-state index contributed by atoms with van der Waals surface area (Å²) in [6.45, 7) is 0.0651. The highest BCUT2D eigenvalue weighted by Crippen LogP contribution is 2.54. The number of pyridine rings is 1. The van der Waals surface area contributed by atoms with Crippen LogP contribution in [0.15, 0.2) is 41.5 Å². The predicted molar refractivity (Wildman–Crippen MR) is 130 cm³/mol. The Morgan fingerprint density at radius 2 is 2.11 bits per heavy atom. The number of fused-ring (bicyclic) bond motifs is 1. The molecule has 1 aromatic carbocycles. The average molecular weight is 518 g/mol. The van der Waals surface area contributed by atoms with Crippen LogP contribution >= 0.6 is 11.8 Å². The van der Waals surface area contributed by atoms with Gasteiger partial charge in [0.05, 0.1) is 23.8 Å². The number of aromatic nitrogens is 1. The maximum atomic E-state index is 14.4. The van der Waals surface area contributed by atoms with Crippen LogP contribution in [0.5, 0.6) is 0 Å². The molecular weight excluding hydrogens is 494 g/mol. The lowest BCUT2D eigenvalue weighted by molar-refractivity contribution is -0.128. The first-order valence-electron chi connectivity index (χ1n) is 11.3. The van der Waals surface area contributed by atoms with Gasteiger partial charge in [-0.15, -0.1) is 0 Å². The molecule has 2 aliphatic heterocycles. The maximum absolute atomic E-state index is 14.4. The normalized spacial score (nSPS) is 24.4. The number of likely N-dealkylation sites (tertiary alicyclic amines) is 1. The number of hydrogen-bond acceptors (Lipinski definition) is 6. The molecule has 188 valence electrons. The molecule has 2 fully saturated rings. The fourth-order valence-electron chi connectivity index (χ4n) is 4.16. The van der Waals surface area contributed by atoms with Gasteiger partial charge in [0, 0.05) is 30.0 Å². The monoisotopic (exact) mass is 517 g/mol. The number of hydrogen-bond donors (Lipinski definition) is 1. The highest BCUT2D eigenvalue weighted by atomic mass is 32.2. The van der Waals surface area contributed by atoms with E-state index in [1.165, 1.54) is 48.3 Å². The van der Waals surface area contributed by atoms with Crippen LogP contribution in [0.25, 0.3) is 11.9 Å². The van der Waals surface area contributed by atoms with Crippen LogP contribution in [0.3, 0.4) is 0 Å². The third-order valence-corrected chi connectivity index (χ3v) is 7.26. The average Bonchev–Trinajstić information content (AvgIpc) is 3.64. The first kappa shape index (κ1) is 25.7. The number of rotatable bonds is 4. The van der Waals surface area contributed by atoms with Crippen molar-refractivity contribution in [2.45, 2.75) is 36.5 Å². The molecule has 36 heavy (non-hydrogen) atoms. The van der Waals surface area contributed by atoms with Gasteiger partial charge >= 0.3 is 0 Å². The Kier molecular flexibility index (Phi) is 7.64. The quantitative estimate of drug-likeness (QED) is 0.459. The van der Waals surface area contributed by atoms with Crippen molar-refractivity contribution in [1.82, 2.24) is 9.88 Å². The van der Waals surface area contributed by atoms with Crippen LogP contribution in [0.1, 0.15) is 47.7 Å². The lowest BCUT2D eigenvalue weighted by Crippen LogP contribution is -2.41. The Morgan fingerprint density at radius 1 is 1.31 bits per heavy atom. The summed E-state index contributed by atoms with van der Waals surface area (Å²) in [5, 5.41) is 9.64. The van der Waals surface area contributed by atoms with E-state index in [-0.39, 0.29) is 29.9 Å². The van der Waals surface area contributed by atoms with E-state index >= 15 is 0 Å². The summed E-state index contributed by atoms with van der Waals surface area (Å²) in [5.74, 6) is -3.29. The largest absolute Gasteiger partial charge is 0.379 e. The number of nitrogens with two attached hydrogens (primary N) is 1. The first-order chi connectivity index (χ1) is 17.2. The number of halogens is 4. The lowest BCUT2D eigenvalue weighted by Gasteiger charge is -2.29. The van der Waals surface area contributed by atoms with Gasteiger partial charge in [0.2, 0.25) is 6.41 Å². The number of thioether (sulfide) groups is 1. The van der Waals surface area contributed by atoms with E-state index in [2.05, 4.69) is 9.98 Å². The molecule has 3 heterocycles. The second-order valence-electron chi connectivity index (χ2n) is 8.82. The van der Waals surface area contributed by atoms with E-state index in [9.17, 15) is 22.4 Å². The standard InChI is InChI=1S/C19H14F2N4S.C6H9F2NO/c20-14-3-1-10(6-15(21)16-4-2-11(8-22)9-24-16)5-12(14)18-13-7-17(13)26-19(23)25-18;7-6(8)2-1-3-9(4-6)5-10/h1-6,9,13,17-18H,7H2,(H2,23,25);5H,1-4H2/b15-6-;. The molecule has 2 aromatic rings. The molecule has 1 amide bonds. The summed E-state index contributed by atoms with van der Waals surface area (Å²) in [6.07, 6.45) is 4.37. The number of nitrogens with zero attached hydrogens (tertiary/aromatic N) is 4. The molecule has 1 saturated heterocycles. The van der Waals surface area contributed by atoms with E-state index < -0.39 is 18.3 Å². The highest BCUT2D eigenvalue weighted by Gasteiger charge is 2.48. The van der Waals surface area contributed by atoms with Crippen LogP contribution < -0.4 is 5.73 Å². The predicted octanol–water partition coefficient (Wildman–Crippen LogP) is 4.92. The second kappa shape index (κ2) is 10.7. The van der Waals surface area contributed by atoms with E-state index in [0.717, 1.165) is 11.3 Å². The summed E-state index contributed by atoms with van der Waals surface area (Å²) < 4.78 is 53.7. The summed E-state index contributed by atoms with van der Waals surface area (Å²) in [6, 6.07) is 9.01. The maximum Gasteiger partial charge on any atom is 0.265 e. The Bertz CT molecular complexity index is 1230. The molecule has 3 unspecified atom stereocenters. The Balaban J connectivity index is 0.000000256. The number of carbonyl (C=O) groups is 1. The van der Waals surface area contributed by atoms with Crippen LogP contribution in [0, 0.1) is 23.1 Å². The van der Waals surface area contributed by atoms with E-state index in [1.807, 2.05) is 6.07 Å². The molecule has 3 aliphatic rings. The number of alkyl halides is 2. The van der Waals surface area contributed by atoms with Gasteiger partial charge in [-0.25, -0.2) is 17.6 Å². The molecule has 5 rings (SSSR count). The molecule has 6 nitrogen and oxygen atoms in total. The summed E-state index contributed by atoms with van der Waals surface area (Å²) in [7, 11) is 0. The van der Waals surface area contributed by atoms with Crippen molar-refractivity contribution >= 4 is 35.2 Å². The molecule has 1 aliphatic carbocycles. The smallest absolute Gasteiger partial charge is 0.265 e. The van der Waals surface area contributed by atoms with Gasteiger partial charge in [-0.3, -0.25) is 14.8 Å². The number of amidine groups is 1. The van der Waals surface area contributed by atoms with Gasteiger partial charge in [0.15, 0.2) is 5.17 Å². The van der Waals surface area contributed by atoms with Gasteiger partial charge in [-0.2, -0.15) is 5.26 Å². The van der Waals surface area contributed by atoms with Crippen LogP contribution in [-0.4, -0.2) is 45.7 Å². The van der Waals surface area contributed by atoms with Crippen LogP contribution in [0.4, 0.5) is 17.6 Å². The molecule has 0 radical (unpaired) electrons. The number of nitriles is 1. The molecular formula is C25H23F4N5OS. The molecule has 3 atom stereocenters. The molecule has 1 saturated carbocycles. The van der Waals surface area contributed by atoms with Crippen molar-refractivity contribution in [2.24, 2.45) is 16.6 Å². The number of benzene rings is 1. The molecule has 2 N–H and O–H groups in total. The number of aliphatic imine (C=N–C) groups is 1. The van der Waals surface area contributed by atoms with Crippen LogP contribution in [-0.2, 0) is 4.79 Å². The molecule has 1 aromatic heterocycles. The summed E-state index contributed by atoms with van der Waals surface area (Å²) >= 11 is 1.54. The van der Waals surface area contributed by atoms with Crippen molar-refractivity contribution in [3.8, 4) is 6.07 Å². The second-order valence-corrected chi connectivity index (χ2v) is 10.1. The zero-order valence-electron chi connectivity index (χ0n) is 19.1. The summed E-state index contributed by atoms with van der Waals surface area (Å²) in [5.41, 5.74) is 7.27. The van der Waals surface area contributed by atoms with Crippen molar-refractivity contribution in [3.63, 3.8) is 0 Å². The third-order valence-electron chi connectivity index (χ3n) is 6.06. The van der Waals surface area contributed by atoms with Crippen molar-refractivity contribution in [2.75, 3.05) is 13.1 Å². The highest BCUT2D eigenvalue weighted by molar-refractivity contribution is 8.14. The molecule has 11 heteroatoms. The van der Waals surface area contributed by atoms with Crippen molar-refractivity contribution < 1.29 is 22.4 Å². The number of carbonyl (C=O) groups excluding carboxylic acids is 1. The minimum absolute atomic E-state index is 0.0860. The zero-order chi connectivity index (χ0) is 25.9. The third kappa shape index (κ3) is 6.23. The number of amides is 1. The SMILES string of the molecule is N#Cc1ccc(/C(F)=C/c2ccc(F)c(C3N=C(N)SC4CC43)c2)nc1.O=CN1CCCC(F)(F)C1. The Labute approximate surface area is 209 Å². The topological polar surface area (TPSA) is 95.4 Å².